The lowest BCUT2D eigenvalue weighted by atomic mass is 9.94. The molecule has 1 aromatic rings. The first-order valence-electron chi connectivity index (χ1n) is 6.93. The summed E-state index contributed by atoms with van der Waals surface area (Å²) >= 11 is 0. The number of hydrogen-bond acceptors (Lipinski definition) is 4. The number of ether oxygens (including phenoxy) is 1. The van der Waals surface area contributed by atoms with E-state index in [0.717, 1.165) is 0 Å². The van der Waals surface area contributed by atoms with Gasteiger partial charge in [0, 0.05) is 12.1 Å². The summed E-state index contributed by atoms with van der Waals surface area (Å²) < 4.78 is 5.37. The monoisotopic (exact) mass is 291 g/mol. The van der Waals surface area contributed by atoms with Gasteiger partial charge in [-0.25, -0.2) is 4.79 Å². The number of esters is 1. The predicted molar refractivity (Wildman–Crippen MR) is 84.6 cm³/mol. The van der Waals surface area contributed by atoms with Gasteiger partial charge in [0.15, 0.2) is 0 Å². The van der Waals surface area contributed by atoms with Crippen LogP contribution < -0.4 is 15.8 Å². The van der Waals surface area contributed by atoms with Crippen LogP contribution in [0.5, 0.6) is 5.75 Å². The number of nitrogens with two attached hydrogens (primary N) is 1. The lowest BCUT2D eigenvalue weighted by molar-refractivity contribution is -0.140. The summed E-state index contributed by atoms with van der Waals surface area (Å²) in [5.74, 6) is 0.0815. The molecule has 0 aliphatic rings. The van der Waals surface area contributed by atoms with Crippen molar-refractivity contribution in [3.8, 4) is 5.75 Å². The Labute approximate surface area is 126 Å². The van der Waals surface area contributed by atoms with E-state index >= 15 is 0 Å². The van der Waals surface area contributed by atoms with Crippen molar-refractivity contribution in [1.29, 1.82) is 5.41 Å². The molecular formula is C16H25N3O2. The van der Waals surface area contributed by atoms with Gasteiger partial charge in [-0.05, 0) is 43.5 Å². The van der Waals surface area contributed by atoms with E-state index in [-0.39, 0.29) is 17.2 Å². The Morgan fingerprint density at radius 3 is 2.14 bits per heavy atom. The molecule has 0 aliphatic heterocycles. The summed E-state index contributed by atoms with van der Waals surface area (Å²) in [5, 5.41) is 10.5. The zero-order chi connectivity index (χ0) is 16.3. The van der Waals surface area contributed by atoms with Crippen LogP contribution in [0.1, 0.15) is 40.2 Å². The van der Waals surface area contributed by atoms with Gasteiger partial charge in [0.1, 0.15) is 17.1 Å². The maximum absolute atomic E-state index is 12.2. The van der Waals surface area contributed by atoms with Crippen LogP contribution in [0.4, 0.5) is 0 Å². The van der Waals surface area contributed by atoms with Crippen LogP contribution >= 0.6 is 0 Å². The standard InChI is InChI=1S/C16H25N3O2/c1-15(2,3)10-19-16(4,5)14(20)21-12-8-6-11(7-9-12)13(17)18/h6-9,19H,10H2,1-5H3,(H3,17,18). The number of amidine groups is 1. The maximum atomic E-state index is 12.2. The molecule has 5 heteroatoms. The molecule has 0 saturated carbocycles. The molecule has 0 fully saturated rings. The molecule has 116 valence electrons. The van der Waals surface area contributed by atoms with Crippen molar-refractivity contribution in [3.05, 3.63) is 29.8 Å². The Kier molecular flexibility index (Phi) is 5.12. The zero-order valence-corrected chi connectivity index (χ0v) is 13.4. The van der Waals surface area contributed by atoms with Crippen LogP contribution in [0.3, 0.4) is 0 Å². The zero-order valence-electron chi connectivity index (χ0n) is 13.4. The number of benzene rings is 1. The fourth-order valence-electron chi connectivity index (χ4n) is 1.50. The fourth-order valence-corrected chi connectivity index (χ4v) is 1.50. The number of nitrogen functional groups attached to an aromatic ring is 1. The minimum Gasteiger partial charge on any atom is -0.425 e. The molecule has 0 spiro atoms. The summed E-state index contributed by atoms with van der Waals surface area (Å²) in [7, 11) is 0. The quantitative estimate of drug-likeness (QED) is 0.336. The van der Waals surface area contributed by atoms with E-state index < -0.39 is 5.54 Å². The predicted octanol–water partition coefficient (Wildman–Crippen LogP) is 2.29. The third-order valence-electron chi connectivity index (χ3n) is 2.95. The Balaban J connectivity index is 2.68. The van der Waals surface area contributed by atoms with Crippen LogP contribution in [0.2, 0.25) is 0 Å². The average Bonchev–Trinajstić information content (AvgIpc) is 2.36. The first-order valence-corrected chi connectivity index (χ1v) is 6.93. The Bertz CT molecular complexity index is 513. The SMILES string of the molecule is CC(C)(C)CNC(C)(C)C(=O)Oc1ccc(C(=N)N)cc1. The van der Waals surface area contributed by atoms with Gasteiger partial charge in [-0.2, -0.15) is 0 Å². The summed E-state index contributed by atoms with van der Waals surface area (Å²) in [6.45, 7) is 10.6. The molecule has 0 unspecified atom stereocenters. The molecule has 1 rings (SSSR count). The van der Waals surface area contributed by atoms with Crippen molar-refractivity contribution in [2.75, 3.05) is 6.54 Å². The highest BCUT2D eigenvalue weighted by molar-refractivity contribution is 5.95. The Morgan fingerprint density at radius 1 is 1.19 bits per heavy atom. The van der Waals surface area contributed by atoms with Crippen molar-refractivity contribution in [3.63, 3.8) is 0 Å². The van der Waals surface area contributed by atoms with Crippen LogP contribution in [0, 0.1) is 10.8 Å². The van der Waals surface area contributed by atoms with E-state index in [4.69, 9.17) is 15.9 Å². The molecule has 4 N–H and O–H groups in total. The van der Waals surface area contributed by atoms with Crippen molar-refractivity contribution in [1.82, 2.24) is 5.32 Å². The van der Waals surface area contributed by atoms with E-state index in [1.54, 1.807) is 38.1 Å². The molecule has 1 aromatic carbocycles. The third-order valence-corrected chi connectivity index (χ3v) is 2.95. The minimum absolute atomic E-state index is 0.0138. The topological polar surface area (TPSA) is 88.2 Å². The van der Waals surface area contributed by atoms with Gasteiger partial charge >= 0.3 is 5.97 Å². The second-order valence-corrected chi connectivity index (χ2v) is 6.87. The maximum Gasteiger partial charge on any atom is 0.331 e. The van der Waals surface area contributed by atoms with Crippen LogP contribution in [-0.2, 0) is 4.79 Å². The minimum atomic E-state index is -0.771. The molecule has 0 amide bonds. The largest absolute Gasteiger partial charge is 0.425 e. The molecule has 0 heterocycles. The summed E-state index contributed by atoms with van der Waals surface area (Å²) in [4.78, 5) is 12.2. The smallest absolute Gasteiger partial charge is 0.331 e. The van der Waals surface area contributed by atoms with Gasteiger partial charge in [0.05, 0.1) is 0 Å². The summed E-state index contributed by atoms with van der Waals surface area (Å²) in [6, 6.07) is 6.57. The summed E-state index contributed by atoms with van der Waals surface area (Å²) in [5.41, 5.74) is 5.29. The fraction of sp³-hybridized carbons (Fsp3) is 0.500. The van der Waals surface area contributed by atoms with Crippen LogP contribution in [-0.4, -0.2) is 23.9 Å². The molecule has 0 aromatic heterocycles. The van der Waals surface area contributed by atoms with E-state index in [1.165, 1.54) is 0 Å². The average molecular weight is 291 g/mol. The van der Waals surface area contributed by atoms with Crippen molar-refractivity contribution in [2.45, 2.75) is 40.2 Å². The number of nitrogens with one attached hydrogen (secondary N) is 2. The molecule has 0 aliphatic carbocycles. The Hall–Kier alpha value is -1.88. The number of carbonyl (C=O) groups excluding carboxylic acids is 1. The second-order valence-electron chi connectivity index (χ2n) is 6.87. The van der Waals surface area contributed by atoms with Crippen molar-refractivity contribution < 1.29 is 9.53 Å². The van der Waals surface area contributed by atoms with Crippen molar-refractivity contribution >= 4 is 11.8 Å². The molecule has 5 nitrogen and oxygen atoms in total. The molecule has 0 saturated heterocycles. The Morgan fingerprint density at radius 2 is 1.71 bits per heavy atom. The van der Waals surface area contributed by atoms with Gasteiger partial charge in [-0.1, -0.05) is 20.8 Å². The molecule has 0 bridgehead atoms. The van der Waals surface area contributed by atoms with Gasteiger partial charge in [0.2, 0.25) is 0 Å². The van der Waals surface area contributed by atoms with E-state index in [2.05, 4.69) is 26.1 Å². The van der Waals surface area contributed by atoms with Gasteiger partial charge < -0.3 is 15.8 Å². The highest BCUT2D eigenvalue weighted by atomic mass is 16.5. The van der Waals surface area contributed by atoms with Crippen molar-refractivity contribution in [2.24, 2.45) is 11.1 Å². The van der Waals surface area contributed by atoms with Crippen LogP contribution in [0.25, 0.3) is 0 Å². The molecular weight excluding hydrogens is 266 g/mol. The molecule has 0 radical (unpaired) electrons. The normalized spacial score (nSPS) is 12.0. The molecule has 21 heavy (non-hydrogen) atoms. The van der Waals surface area contributed by atoms with Gasteiger partial charge in [-0.3, -0.25) is 5.41 Å². The lowest BCUT2D eigenvalue weighted by Crippen LogP contribution is -2.51. The molecule has 0 atom stereocenters. The first kappa shape index (κ1) is 17.2. The third kappa shape index (κ3) is 5.55. The highest BCUT2D eigenvalue weighted by Crippen LogP contribution is 2.17. The van der Waals surface area contributed by atoms with Crippen LogP contribution in [0.15, 0.2) is 24.3 Å². The van der Waals surface area contributed by atoms with E-state index in [0.29, 0.717) is 17.9 Å². The highest BCUT2D eigenvalue weighted by Gasteiger charge is 2.30. The number of hydrogen-bond donors (Lipinski definition) is 3. The first-order chi connectivity index (χ1) is 9.51. The van der Waals surface area contributed by atoms with E-state index in [9.17, 15) is 4.79 Å². The number of rotatable bonds is 5. The van der Waals surface area contributed by atoms with Gasteiger partial charge in [0.25, 0.3) is 0 Å². The summed E-state index contributed by atoms with van der Waals surface area (Å²) in [6.07, 6.45) is 0. The lowest BCUT2D eigenvalue weighted by Gasteiger charge is -2.28. The van der Waals surface area contributed by atoms with E-state index in [1.807, 2.05) is 0 Å². The number of carbonyl (C=O) groups is 1. The van der Waals surface area contributed by atoms with Gasteiger partial charge in [-0.15, -0.1) is 0 Å². The second kappa shape index (κ2) is 6.26.